The van der Waals surface area contributed by atoms with Gasteiger partial charge >= 0.3 is 0 Å². The predicted molar refractivity (Wildman–Crippen MR) is 108 cm³/mol. The molecule has 1 fully saturated rings. The van der Waals surface area contributed by atoms with Gasteiger partial charge in [0.15, 0.2) is 0 Å². The maximum absolute atomic E-state index is 12.7. The summed E-state index contributed by atoms with van der Waals surface area (Å²) in [5.74, 6) is 0.159. The molecule has 0 radical (unpaired) electrons. The Morgan fingerprint density at radius 1 is 0.852 bits per heavy atom. The molecule has 5 heteroatoms. The molecule has 2 amide bonds. The smallest absolute Gasteiger partial charge is 0.253 e. The Bertz CT molecular complexity index is 789. The Labute approximate surface area is 161 Å². The summed E-state index contributed by atoms with van der Waals surface area (Å²) in [5, 5.41) is 0. The van der Waals surface area contributed by atoms with Crippen molar-refractivity contribution in [3.8, 4) is 0 Å². The molecule has 142 valence electrons. The monoisotopic (exact) mass is 365 g/mol. The second-order valence-electron chi connectivity index (χ2n) is 7.28. The number of hydrogen-bond donors (Lipinski definition) is 0. The molecule has 0 spiro atoms. The zero-order valence-corrected chi connectivity index (χ0v) is 16.3. The second-order valence-corrected chi connectivity index (χ2v) is 7.28. The minimum Gasteiger partial charge on any atom is -0.378 e. The topological polar surface area (TPSA) is 43.9 Å². The van der Waals surface area contributed by atoms with Crippen molar-refractivity contribution in [3.63, 3.8) is 0 Å². The third-order valence-electron chi connectivity index (χ3n) is 5.03. The van der Waals surface area contributed by atoms with E-state index in [1.165, 1.54) is 5.56 Å². The van der Waals surface area contributed by atoms with E-state index < -0.39 is 0 Å². The van der Waals surface area contributed by atoms with E-state index >= 15 is 0 Å². The normalized spacial score (nSPS) is 14.2. The quantitative estimate of drug-likeness (QED) is 0.837. The molecule has 2 aromatic carbocycles. The molecule has 1 saturated heterocycles. The van der Waals surface area contributed by atoms with Crippen LogP contribution in [-0.2, 0) is 11.2 Å². The van der Waals surface area contributed by atoms with Crippen LogP contribution in [0.2, 0.25) is 0 Å². The van der Waals surface area contributed by atoms with Gasteiger partial charge in [0.2, 0.25) is 5.91 Å². The van der Waals surface area contributed by atoms with E-state index in [-0.39, 0.29) is 11.8 Å². The summed E-state index contributed by atoms with van der Waals surface area (Å²) < 4.78 is 0. The third-order valence-corrected chi connectivity index (χ3v) is 5.03. The lowest BCUT2D eigenvalue weighted by Crippen LogP contribution is -2.51. The maximum atomic E-state index is 12.7. The van der Waals surface area contributed by atoms with Crippen molar-refractivity contribution in [1.29, 1.82) is 0 Å². The summed E-state index contributed by atoms with van der Waals surface area (Å²) in [6.45, 7) is 4.37. The lowest BCUT2D eigenvalue weighted by atomic mass is 10.1. The lowest BCUT2D eigenvalue weighted by Gasteiger charge is -2.35. The first-order valence-corrected chi connectivity index (χ1v) is 9.34. The van der Waals surface area contributed by atoms with Crippen LogP contribution in [0.4, 0.5) is 5.69 Å². The number of anilines is 1. The fourth-order valence-corrected chi connectivity index (χ4v) is 3.24. The number of rotatable bonds is 4. The van der Waals surface area contributed by atoms with Gasteiger partial charge in [0, 0.05) is 51.5 Å². The Kier molecular flexibility index (Phi) is 5.79. The number of nitrogens with zero attached hydrogens (tertiary/aromatic N) is 3. The van der Waals surface area contributed by atoms with Gasteiger partial charge < -0.3 is 14.7 Å². The van der Waals surface area contributed by atoms with Crippen molar-refractivity contribution in [2.75, 3.05) is 45.2 Å². The third kappa shape index (κ3) is 4.67. The molecular weight excluding hydrogens is 338 g/mol. The molecule has 0 unspecified atom stereocenters. The summed E-state index contributed by atoms with van der Waals surface area (Å²) in [5.41, 5.74) is 3.99. The van der Waals surface area contributed by atoms with E-state index in [4.69, 9.17) is 0 Å². The molecule has 0 saturated carbocycles. The first-order valence-electron chi connectivity index (χ1n) is 9.34. The minimum absolute atomic E-state index is 0.0333. The SMILES string of the molecule is Cc1ccc(CC(=O)N2CCN(C(=O)c3ccc(N(C)C)cc3)CC2)cc1. The van der Waals surface area contributed by atoms with Crippen molar-refractivity contribution >= 4 is 17.5 Å². The maximum Gasteiger partial charge on any atom is 0.253 e. The molecular formula is C22H27N3O2. The number of carbonyl (C=O) groups is 2. The van der Waals surface area contributed by atoms with Crippen molar-refractivity contribution in [2.45, 2.75) is 13.3 Å². The van der Waals surface area contributed by atoms with Crippen LogP contribution in [0.3, 0.4) is 0 Å². The number of benzene rings is 2. The van der Waals surface area contributed by atoms with Gasteiger partial charge in [0.1, 0.15) is 0 Å². The highest BCUT2D eigenvalue weighted by Crippen LogP contribution is 2.15. The van der Waals surface area contributed by atoms with Crippen LogP contribution in [0, 0.1) is 6.92 Å². The Morgan fingerprint density at radius 3 is 1.96 bits per heavy atom. The van der Waals surface area contributed by atoms with Gasteiger partial charge in [-0.05, 0) is 36.8 Å². The van der Waals surface area contributed by atoms with E-state index in [0.717, 1.165) is 11.3 Å². The molecule has 0 N–H and O–H groups in total. The minimum atomic E-state index is 0.0333. The van der Waals surface area contributed by atoms with Gasteiger partial charge in [0.25, 0.3) is 5.91 Å². The predicted octanol–water partition coefficient (Wildman–Crippen LogP) is 2.59. The fourth-order valence-electron chi connectivity index (χ4n) is 3.24. The Hall–Kier alpha value is -2.82. The van der Waals surface area contributed by atoms with Crippen LogP contribution in [-0.4, -0.2) is 61.9 Å². The molecule has 0 atom stereocenters. The zero-order valence-electron chi connectivity index (χ0n) is 16.3. The molecule has 1 heterocycles. The molecule has 27 heavy (non-hydrogen) atoms. The largest absolute Gasteiger partial charge is 0.378 e. The second kappa shape index (κ2) is 8.25. The van der Waals surface area contributed by atoms with Crippen molar-refractivity contribution in [3.05, 3.63) is 65.2 Å². The van der Waals surface area contributed by atoms with E-state index in [0.29, 0.717) is 38.2 Å². The summed E-state index contributed by atoms with van der Waals surface area (Å²) in [6, 6.07) is 15.7. The standard InChI is InChI=1S/C22H27N3O2/c1-17-4-6-18(7-5-17)16-21(26)24-12-14-25(15-13-24)22(27)19-8-10-20(11-9-19)23(2)3/h4-11H,12-16H2,1-3H3. The molecule has 0 aromatic heterocycles. The first-order chi connectivity index (χ1) is 12.9. The molecule has 2 aromatic rings. The van der Waals surface area contributed by atoms with E-state index in [9.17, 15) is 9.59 Å². The van der Waals surface area contributed by atoms with Gasteiger partial charge in [0.05, 0.1) is 6.42 Å². The molecule has 0 aliphatic carbocycles. The van der Waals surface area contributed by atoms with Crippen LogP contribution < -0.4 is 4.90 Å². The molecule has 1 aliphatic heterocycles. The van der Waals surface area contributed by atoms with Gasteiger partial charge in [-0.15, -0.1) is 0 Å². The van der Waals surface area contributed by atoms with Crippen LogP contribution in [0.1, 0.15) is 21.5 Å². The summed E-state index contributed by atoms with van der Waals surface area (Å²) in [4.78, 5) is 30.9. The van der Waals surface area contributed by atoms with Crippen LogP contribution in [0.15, 0.2) is 48.5 Å². The van der Waals surface area contributed by atoms with Gasteiger partial charge in [-0.2, -0.15) is 0 Å². The Morgan fingerprint density at radius 2 is 1.41 bits per heavy atom. The van der Waals surface area contributed by atoms with Gasteiger partial charge in [-0.1, -0.05) is 29.8 Å². The van der Waals surface area contributed by atoms with Crippen LogP contribution in [0.5, 0.6) is 0 Å². The molecule has 3 rings (SSSR count). The highest BCUT2D eigenvalue weighted by atomic mass is 16.2. The van der Waals surface area contributed by atoms with E-state index in [2.05, 4.69) is 0 Å². The number of aryl methyl sites for hydroxylation is 1. The van der Waals surface area contributed by atoms with Crippen LogP contribution >= 0.6 is 0 Å². The molecule has 0 bridgehead atoms. The fraction of sp³-hybridized carbons (Fsp3) is 0.364. The summed E-state index contributed by atoms with van der Waals surface area (Å²) in [7, 11) is 3.95. The van der Waals surface area contributed by atoms with Crippen molar-refractivity contribution in [2.24, 2.45) is 0 Å². The lowest BCUT2D eigenvalue weighted by molar-refractivity contribution is -0.131. The number of amides is 2. The van der Waals surface area contributed by atoms with E-state index in [1.54, 1.807) is 0 Å². The number of carbonyl (C=O) groups excluding carboxylic acids is 2. The number of piperazine rings is 1. The average molecular weight is 365 g/mol. The van der Waals surface area contributed by atoms with Crippen molar-refractivity contribution in [1.82, 2.24) is 9.80 Å². The summed E-state index contributed by atoms with van der Waals surface area (Å²) >= 11 is 0. The Balaban J connectivity index is 1.54. The molecule has 1 aliphatic rings. The molecule has 5 nitrogen and oxygen atoms in total. The highest BCUT2D eigenvalue weighted by molar-refractivity contribution is 5.94. The van der Waals surface area contributed by atoms with Gasteiger partial charge in [-0.3, -0.25) is 9.59 Å². The zero-order chi connectivity index (χ0) is 19.4. The van der Waals surface area contributed by atoms with E-state index in [1.807, 2.05) is 84.2 Å². The first kappa shape index (κ1) is 19.0. The van der Waals surface area contributed by atoms with Gasteiger partial charge in [-0.25, -0.2) is 0 Å². The number of hydrogen-bond acceptors (Lipinski definition) is 3. The van der Waals surface area contributed by atoms with Crippen LogP contribution in [0.25, 0.3) is 0 Å². The highest BCUT2D eigenvalue weighted by Gasteiger charge is 2.24. The summed E-state index contributed by atoms with van der Waals surface area (Å²) in [6.07, 6.45) is 0.417. The average Bonchev–Trinajstić information content (AvgIpc) is 2.69. The van der Waals surface area contributed by atoms with Crippen molar-refractivity contribution < 1.29 is 9.59 Å².